The van der Waals surface area contributed by atoms with Crippen molar-refractivity contribution in [3.63, 3.8) is 0 Å². The summed E-state index contributed by atoms with van der Waals surface area (Å²) in [5.41, 5.74) is -0.0795. The van der Waals surface area contributed by atoms with Crippen molar-refractivity contribution in [3.8, 4) is 0 Å². The number of rotatable bonds is 5. The average Bonchev–Trinajstić information content (AvgIpc) is 2.62. The van der Waals surface area contributed by atoms with Gasteiger partial charge in [-0.1, -0.05) is 13.8 Å². The molecule has 0 aromatic heterocycles. The quantitative estimate of drug-likeness (QED) is 0.672. The predicted octanol–water partition coefficient (Wildman–Crippen LogP) is 0.872. The van der Waals surface area contributed by atoms with Crippen molar-refractivity contribution < 1.29 is 14.6 Å². The molecule has 5 heteroatoms. The highest BCUT2D eigenvalue weighted by Crippen LogP contribution is 2.18. The fourth-order valence-corrected chi connectivity index (χ4v) is 1.85. The summed E-state index contributed by atoms with van der Waals surface area (Å²) in [7, 11) is 0. The summed E-state index contributed by atoms with van der Waals surface area (Å²) in [5.74, 6) is 0. The number of ether oxygens (including phenoxy) is 1. The second-order valence-corrected chi connectivity index (χ2v) is 5.44. The highest BCUT2D eigenvalue weighted by atomic mass is 16.5. The molecule has 0 aromatic rings. The number of urea groups is 1. The standard InChI is InChI=1S/C12H24N2O3/c1-9-10(4-7-17-9)14-11(16)13-8-12(2,3)5-6-15/h9-10,15H,4-8H2,1-3H3,(H2,13,14,16). The molecule has 0 spiro atoms. The Morgan fingerprint density at radius 1 is 1.53 bits per heavy atom. The van der Waals surface area contributed by atoms with Crippen LogP contribution in [0.3, 0.4) is 0 Å². The Balaban J connectivity index is 2.25. The van der Waals surface area contributed by atoms with E-state index < -0.39 is 0 Å². The van der Waals surface area contributed by atoms with Crippen molar-refractivity contribution in [3.05, 3.63) is 0 Å². The largest absolute Gasteiger partial charge is 0.396 e. The van der Waals surface area contributed by atoms with E-state index in [0.29, 0.717) is 19.6 Å². The molecule has 1 aliphatic heterocycles. The average molecular weight is 244 g/mol. The molecule has 17 heavy (non-hydrogen) atoms. The minimum absolute atomic E-state index is 0.0795. The van der Waals surface area contributed by atoms with Gasteiger partial charge in [-0.2, -0.15) is 0 Å². The first-order valence-electron chi connectivity index (χ1n) is 6.21. The number of aliphatic hydroxyl groups excluding tert-OH is 1. The zero-order valence-electron chi connectivity index (χ0n) is 11.0. The molecule has 5 nitrogen and oxygen atoms in total. The van der Waals surface area contributed by atoms with E-state index in [-0.39, 0.29) is 30.2 Å². The maximum Gasteiger partial charge on any atom is 0.315 e. The van der Waals surface area contributed by atoms with E-state index in [1.807, 2.05) is 20.8 Å². The lowest BCUT2D eigenvalue weighted by molar-refractivity contribution is 0.114. The van der Waals surface area contributed by atoms with Crippen LogP contribution < -0.4 is 10.6 Å². The summed E-state index contributed by atoms with van der Waals surface area (Å²) in [6.45, 7) is 7.41. The van der Waals surface area contributed by atoms with Gasteiger partial charge in [0.2, 0.25) is 0 Å². The molecule has 1 fully saturated rings. The van der Waals surface area contributed by atoms with Gasteiger partial charge in [0.15, 0.2) is 0 Å². The van der Waals surface area contributed by atoms with Crippen LogP contribution in [0.15, 0.2) is 0 Å². The molecule has 1 saturated heterocycles. The third-order valence-corrected chi connectivity index (χ3v) is 3.21. The fraction of sp³-hybridized carbons (Fsp3) is 0.917. The molecular formula is C12H24N2O3. The molecule has 1 aliphatic rings. The first kappa shape index (κ1) is 14.3. The lowest BCUT2D eigenvalue weighted by Gasteiger charge is -2.25. The summed E-state index contributed by atoms with van der Waals surface area (Å²) in [5, 5.41) is 14.6. The van der Waals surface area contributed by atoms with E-state index in [0.717, 1.165) is 6.42 Å². The van der Waals surface area contributed by atoms with Crippen molar-refractivity contribution in [1.29, 1.82) is 0 Å². The van der Waals surface area contributed by atoms with Gasteiger partial charge in [0, 0.05) is 19.8 Å². The van der Waals surface area contributed by atoms with E-state index in [1.54, 1.807) is 0 Å². The first-order valence-corrected chi connectivity index (χ1v) is 6.21. The van der Waals surface area contributed by atoms with Crippen LogP contribution in [0.5, 0.6) is 0 Å². The van der Waals surface area contributed by atoms with Crippen LogP contribution in [0.25, 0.3) is 0 Å². The predicted molar refractivity (Wildman–Crippen MR) is 65.8 cm³/mol. The Bertz CT molecular complexity index is 256. The van der Waals surface area contributed by atoms with Crippen LogP contribution >= 0.6 is 0 Å². The zero-order valence-corrected chi connectivity index (χ0v) is 11.0. The van der Waals surface area contributed by atoms with E-state index in [9.17, 15) is 4.79 Å². The third-order valence-electron chi connectivity index (χ3n) is 3.21. The minimum Gasteiger partial charge on any atom is -0.396 e. The highest BCUT2D eigenvalue weighted by Gasteiger charge is 2.26. The third kappa shape index (κ3) is 4.91. The number of carbonyl (C=O) groups is 1. The Labute approximate surface area is 103 Å². The fourth-order valence-electron chi connectivity index (χ4n) is 1.85. The maximum atomic E-state index is 11.7. The number of nitrogens with one attached hydrogen (secondary N) is 2. The second-order valence-electron chi connectivity index (χ2n) is 5.44. The van der Waals surface area contributed by atoms with Gasteiger partial charge in [0.1, 0.15) is 0 Å². The van der Waals surface area contributed by atoms with Crippen LogP contribution in [-0.2, 0) is 4.74 Å². The summed E-state index contributed by atoms with van der Waals surface area (Å²) in [6, 6.07) is -0.0469. The molecule has 2 amide bonds. The lowest BCUT2D eigenvalue weighted by Crippen LogP contribution is -2.47. The molecule has 2 unspecified atom stereocenters. The van der Waals surface area contributed by atoms with Crippen LogP contribution in [0.2, 0.25) is 0 Å². The van der Waals surface area contributed by atoms with Gasteiger partial charge in [-0.15, -0.1) is 0 Å². The van der Waals surface area contributed by atoms with Crippen LogP contribution in [0.1, 0.15) is 33.6 Å². The van der Waals surface area contributed by atoms with E-state index in [4.69, 9.17) is 9.84 Å². The Morgan fingerprint density at radius 3 is 2.76 bits per heavy atom. The number of amides is 2. The summed E-state index contributed by atoms with van der Waals surface area (Å²) >= 11 is 0. The van der Waals surface area contributed by atoms with E-state index in [2.05, 4.69) is 10.6 Å². The Morgan fingerprint density at radius 2 is 2.24 bits per heavy atom. The highest BCUT2D eigenvalue weighted by molar-refractivity contribution is 5.74. The van der Waals surface area contributed by atoms with Crippen molar-refractivity contribution in [2.45, 2.75) is 45.8 Å². The van der Waals surface area contributed by atoms with Gasteiger partial charge in [-0.05, 0) is 25.2 Å². The minimum atomic E-state index is -0.154. The Hall–Kier alpha value is -0.810. The molecule has 0 saturated carbocycles. The van der Waals surface area contributed by atoms with E-state index in [1.165, 1.54) is 0 Å². The zero-order chi connectivity index (χ0) is 12.9. The van der Waals surface area contributed by atoms with Crippen molar-refractivity contribution in [2.24, 2.45) is 5.41 Å². The van der Waals surface area contributed by atoms with Gasteiger partial charge in [0.25, 0.3) is 0 Å². The summed E-state index contributed by atoms with van der Waals surface area (Å²) in [6.07, 6.45) is 1.64. The normalized spacial score (nSPS) is 24.7. The molecule has 100 valence electrons. The Kier molecular flexibility index (Phi) is 5.21. The second kappa shape index (κ2) is 6.21. The van der Waals surface area contributed by atoms with Gasteiger partial charge in [-0.25, -0.2) is 4.79 Å². The van der Waals surface area contributed by atoms with Crippen LogP contribution in [-0.4, -0.2) is 43.0 Å². The van der Waals surface area contributed by atoms with Gasteiger partial charge >= 0.3 is 6.03 Å². The van der Waals surface area contributed by atoms with Crippen LogP contribution in [0, 0.1) is 5.41 Å². The van der Waals surface area contributed by atoms with Gasteiger partial charge in [-0.3, -0.25) is 0 Å². The van der Waals surface area contributed by atoms with E-state index >= 15 is 0 Å². The maximum absolute atomic E-state index is 11.7. The first-order chi connectivity index (χ1) is 7.94. The number of hydrogen-bond donors (Lipinski definition) is 3. The number of aliphatic hydroxyl groups is 1. The van der Waals surface area contributed by atoms with Crippen molar-refractivity contribution >= 4 is 6.03 Å². The molecule has 0 bridgehead atoms. The molecular weight excluding hydrogens is 220 g/mol. The van der Waals surface area contributed by atoms with Crippen molar-refractivity contribution in [2.75, 3.05) is 19.8 Å². The van der Waals surface area contributed by atoms with Crippen molar-refractivity contribution in [1.82, 2.24) is 10.6 Å². The summed E-state index contributed by atoms with van der Waals surface area (Å²) in [4.78, 5) is 11.7. The van der Waals surface area contributed by atoms with Gasteiger partial charge in [0.05, 0.1) is 12.1 Å². The molecule has 1 rings (SSSR count). The monoisotopic (exact) mass is 244 g/mol. The molecule has 1 heterocycles. The van der Waals surface area contributed by atoms with Crippen LogP contribution in [0.4, 0.5) is 4.79 Å². The molecule has 0 radical (unpaired) electrons. The molecule has 2 atom stereocenters. The summed E-state index contributed by atoms with van der Waals surface area (Å²) < 4.78 is 5.37. The number of hydrogen-bond acceptors (Lipinski definition) is 3. The molecule has 0 aromatic carbocycles. The smallest absolute Gasteiger partial charge is 0.315 e. The van der Waals surface area contributed by atoms with Gasteiger partial charge < -0.3 is 20.5 Å². The molecule has 3 N–H and O–H groups in total. The SMILES string of the molecule is CC1OCCC1NC(=O)NCC(C)(C)CCO. The lowest BCUT2D eigenvalue weighted by atomic mass is 9.90. The topological polar surface area (TPSA) is 70.6 Å². The molecule has 0 aliphatic carbocycles. The number of carbonyl (C=O) groups excluding carboxylic acids is 1.